The van der Waals surface area contributed by atoms with Gasteiger partial charge < -0.3 is 4.74 Å². The third-order valence-electron chi connectivity index (χ3n) is 2.78. The predicted octanol–water partition coefficient (Wildman–Crippen LogP) is 2.62. The average molecular weight is 348 g/mol. The van der Waals surface area contributed by atoms with E-state index in [2.05, 4.69) is 11.7 Å². The molecule has 2 aromatic rings. The zero-order valence-electron chi connectivity index (χ0n) is 11.6. The van der Waals surface area contributed by atoms with E-state index in [0.717, 1.165) is 25.1 Å². The van der Waals surface area contributed by atoms with Crippen LogP contribution in [0.5, 0.6) is 5.75 Å². The largest absolute Gasteiger partial charge is 0.422 e. The Morgan fingerprint density at radius 3 is 2.65 bits per heavy atom. The van der Waals surface area contributed by atoms with E-state index in [9.17, 15) is 22.8 Å². The van der Waals surface area contributed by atoms with Gasteiger partial charge in [0.2, 0.25) is 0 Å². The topological polar surface area (TPSA) is 66.1 Å². The summed E-state index contributed by atoms with van der Waals surface area (Å²) < 4.78 is 44.9. The molecule has 23 heavy (non-hydrogen) atoms. The van der Waals surface area contributed by atoms with E-state index >= 15 is 0 Å². The number of ether oxygens (including phenoxy) is 1. The fourth-order valence-electron chi connectivity index (χ4n) is 1.77. The third-order valence-corrected chi connectivity index (χ3v) is 3.08. The van der Waals surface area contributed by atoms with Crippen LogP contribution in [-0.2, 0) is 4.79 Å². The Morgan fingerprint density at radius 2 is 2.13 bits per heavy atom. The first-order valence-electron chi connectivity index (χ1n) is 6.06. The highest BCUT2D eigenvalue weighted by molar-refractivity contribution is 6.32. The number of aromatic nitrogens is 3. The molecule has 0 spiro atoms. The van der Waals surface area contributed by atoms with Gasteiger partial charge in [0, 0.05) is 12.1 Å². The summed E-state index contributed by atoms with van der Waals surface area (Å²) in [6.45, 7) is 1.22. The first-order valence-corrected chi connectivity index (χ1v) is 6.44. The van der Waals surface area contributed by atoms with Crippen molar-refractivity contribution >= 4 is 17.6 Å². The highest BCUT2D eigenvalue weighted by atomic mass is 35.5. The van der Waals surface area contributed by atoms with Crippen molar-refractivity contribution in [2.45, 2.75) is 13.5 Å². The zero-order chi connectivity index (χ0) is 17.3. The number of esters is 1. The number of rotatable bonds is 4. The van der Waals surface area contributed by atoms with Crippen molar-refractivity contribution in [3.8, 4) is 11.4 Å². The van der Waals surface area contributed by atoms with Crippen LogP contribution >= 0.6 is 11.6 Å². The van der Waals surface area contributed by atoms with Crippen molar-refractivity contribution in [3.63, 3.8) is 0 Å². The quantitative estimate of drug-likeness (QED) is 0.484. The second-order valence-corrected chi connectivity index (χ2v) is 4.66. The molecule has 0 fully saturated rings. The predicted molar refractivity (Wildman–Crippen MR) is 74.6 cm³/mol. The number of hydrogen-bond acceptors (Lipinski definition) is 4. The molecule has 0 saturated heterocycles. The summed E-state index contributed by atoms with van der Waals surface area (Å²) in [5.41, 5.74) is -1.74. The third kappa shape index (κ3) is 3.14. The summed E-state index contributed by atoms with van der Waals surface area (Å²) in [6, 6.07) is 1.68. The van der Waals surface area contributed by atoms with Crippen LogP contribution in [0.3, 0.4) is 0 Å². The van der Waals surface area contributed by atoms with E-state index in [1.807, 2.05) is 0 Å². The van der Waals surface area contributed by atoms with Crippen LogP contribution in [0.4, 0.5) is 13.2 Å². The highest BCUT2D eigenvalue weighted by Crippen LogP contribution is 2.29. The zero-order valence-corrected chi connectivity index (χ0v) is 12.4. The van der Waals surface area contributed by atoms with Crippen LogP contribution < -0.4 is 10.4 Å². The molecule has 1 heterocycles. The van der Waals surface area contributed by atoms with Gasteiger partial charge in [0.1, 0.15) is 11.5 Å². The standard InChI is InChI=1S/C13H9ClF3N3O3/c1-3-11(21)23-10-5-9(8(15)4-7(10)14)20-13(22)19(12(16)17)6(2)18-20/h3-5,12H,1H2,2H3. The summed E-state index contributed by atoms with van der Waals surface area (Å²) in [5.74, 6) is -2.46. The Morgan fingerprint density at radius 1 is 1.48 bits per heavy atom. The maximum absolute atomic E-state index is 14.0. The lowest BCUT2D eigenvalue weighted by molar-refractivity contribution is -0.128. The number of alkyl halides is 2. The normalized spacial score (nSPS) is 10.9. The molecule has 1 aromatic carbocycles. The highest BCUT2D eigenvalue weighted by Gasteiger charge is 2.21. The molecular formula is C13H9ClF3N3O3. The molecule has 0 radical (unpaired) electrons. The molecule has 0 aliphatic heterocycles. The second kappa shape index (κ2) is 6.29. The number of hydrogen-bond donors (Lipinski definition) is 0. The van der Waals surface area contributed by atoms with Crippen molar-refractivity contribution in [1.82, 2.24) is 14.3 Å². The molecule has 0 aliphatic rings. The van der Waals surface area contributed by atoms with Gasteiger partial charge in [-0.25, -0.2) is 18.5 Å². The number of halogens is 4. The molecule has 10 heteroatoms. The lowest BCUT2D eigenvalue weighted by atomic mass is 10.3. The van der Waals surface area contributed by atoms with Crippen LogP contribution in [0.15, 0.2) is 29.6 Å². The summed E-state index contributed by atoms with van der Waals surface area (Å²) in [6.07, 6.45) is 0.848. The summed E-state index contributed by atoms with van der Waals surface area (Å²) in [4.78, 5) is 23.1. The fourth-order valence-corrected chi connectivity index (χ4v) is 1.96. The molecule has 0 bridgehead atoms. The molecule has 1 aromatic heterocycles. The Balaban J connectivity index is 2.62. The molecule has 0 amide bonds. The van der Waals surface area contributed by atoms with Gasteiger partial charge in [0.05, 0.1) is 5.02 Å². The minimum atomic E-state index is -3.13. The van der Waals surface area contributed by atoms with E-state index < -0.39 is 29.7 Å². The van der Waals surface area contributed by atoms with Gasteiger partial charge in [-0.1, -0.05) is 18.2 Å². The van der Waals surface area contributed by atoms with Crippen LogP contribution in [0.2, 0.25) is 5.02 Å². The van der Waals surface area contributed by atoms with Gasteiger partial charge in [-0.05, 0) is 13.0 Å². The van der Waals surface area contributed by atoms with Gasteiger partial charge >= 0.3 is 18.2 Å². The van der Waals surface area contributed by atoms with Crippen molar-refractivity contribution < 1.29 is 22.7 Å². The van der Waals surface area contributed by atoms with Crippen molar-refractivity contribution in [2.24, 2.45) is 0 Å². The lowest BCUT2D eigenvalue weighted by Crippen LogP contribution is -2.25. The van der Waals surface area contributed by atoms with Crippen molar-refractivity contribution in [2.75, 3.05) is 0 Å². The van der Waals surface area contributed by atoms with Gasteiger partial charge in [0.15, 0.2) is 11.6 Å². The van der Waals surface area contributed by atoms with Gasteiger partial charge in [-0.2, -0.15) is 13.5 Å². The fraction of sp³-hybridized carbons (Fsp3) is 0.154. The number of aryl methyl sites for hydroxylation is 1. The molecule has 0 atom stereocenters. The SMILES string of the molecule is C=CC(=O)Oc1cc(-n2nc(C)n(C(F)F)c2=O)c(F)cc1Cl. The number of carbonyl (C=O) groups excluding carboxylic acids is 1. The minimum absolute atomic E-state index is 0.0868. The Labute approximate surface area is 132 Å². The van der Waals surface area contributed by atoms with Crippen LogP contribution in [0, 0.1) is 12.7 Å². The van der Waals surface area contributed by atoms with E-state index in [1.54, 1.807) is 0 Å². The summed E-state index contributed by atoms with van der Waals surface area (Å²) in [7, 11) is 0. The first kappa shape index (κ1) is 16.8. The van der Waals surface area contributed by atoms with Crippen molar-refractivity contribution in [1.29, 1.82) is 0 Å². The van der Waals surface area contributed by atoms with E-state index in [4.69, 9.17) is 16.3 Å². The Hall–Kier alpha value is -2.55. The minimum Gasteiger partial charge on any atom is -0.422 e. The van der Waals surface area contributed by atoms with Crippen LogP contribution in [0.1, 0.15) is 12.4 Å². The lowest BCUT2D eigenvalue weighted by Gasteiger charge is -2.08. The molecule has 2 rings (SSSR count). The van der Waals surface area contributed by atoms with Crippen LogP contribution in [0.25, 0.3) is 5.69 Å². The molecular weight excluding hydrogens is 339 g/mol. The molecule has 0 aliphatic carbocycles. The van der Waals surface area contributed by atoms with Crippen LogP contribution in [-0.4, -0.2) is 20.3 Å². The Bertz CT molecular complexity index is 845. The van der Waals surface area contributed by atoms with Gasteiger partial charge in [-0.3, -0.25) is 0 Å². The van der Waals surface area contributed by atoms with E-state index in [1.165, 1.54) is 0 Å². The Kier molecular flexibility index (Phi) is 4.60. The number of benzene rings is 1. The molecule has 0 N–H and O–H groups in total. The summed E-state index contributed by atoms with van der Waals surface area (Å²) >= 11 is 5.73. The number of nitrogens with zero attached hydrogens (tertiary/aromatic N) is 3. The second-order valence-electron chi connectivity index (χ2n) is 4.25. The maximum Gasteiger partial charge on any atom is 0.355 e. The maximum atomic E-state index is 14.0. The van der Waals surface area contributed by atoms with E-state index in [-0.39, 0.29) is 21.2 Å². The monoisotopic (exact) mass is 347 g/mol. The summed E-state index contributed by atoms with van der Waals surface area (Å²) in [5, 5.41) is 3.33. The first-order chi connectivity index (χ1) is 10.8. The smallest absolute Gasteiger partial charge is 0.355 e. The van der Waals surface area contributed by atoms with Crippen molar-refractivity contribution in [3.05, 3.63) is 51.9 Å². The van der Waals surface area contributed by atoms with Gasteiger partial charge in [-0.15, -0.1) is 5.10 Å². The number of carbonyl (C=O) groups is 1. The average Bonchev–Trinajstić information content (AvgIpc) is 2.76. The molecule has 6 nitrogen and oxygen atoms in total. The molecule has 0 unspecified atom stereocenters. The molecule has 0 saturated carbocycles. The van der Waals surface area contributed by atoms with Gasteiger partial charge in [0.25, 0.3) is 0 Å². The molecule has 122 valence electrons. The van der Waals surface area contributed by atoms with E-state index in [0.29, 0.717) is 4.68 Å².